The molecular weight excluding hydrogens is 316 g/mol. The van der Waals surface area contributed by atoms with E-state index in [0.717, 1.165) is 10.6 Å². The van der Waals surface area contributed by atoms with Crippen LogP contribution in [0.25, 0.3) is 0 Å². The van der Waals surface area contributed by atoms with Crippen LogP contribution in [0.5, 0.6) is 11.5 Å². The smallest absolute Gasteiger partial charge is 0.241 e. The Labute approximate surface area is 135 Å². The molecule has 23 heavy (non-hydrogen) atoms. The monoisotopic (exact) mass is 334 g/mol. The first-order chi connectivity index (χ1) is 10.8. The normalized spacial score (nSPS) is 12.4. The number of anilines is 1. The second kappa shape index (κ2) is 6.70. The van der Waals surface area contributed by atoms with Crippen LogP contribution in [0.15, 0.2) is 54.6 Å². The maximum Gasteiger partial charge on any atom is 0.241 e. The first kappa shape index (κ1) is 16.8. The number of nitrogens with zero attached hydrogens (tertiary/aromatic N) is 1. The van der Waals surface area contributed by atoms with Crippen molar-refractivity contribution < 1.29 is 17.9 Å². The number of rotatable bonds is 6. The summed E-state index contributed by atoms with van der Waals surface area (Å²) in [6.07, 6.45) is 1.03. The molecule has 2 rings (SSSR count). The Kier molecular flexibility index (Phi) is 4.90. The Morgan fingerprint density at radius 3 is 2.04 bits per heavy atom. The lowest BCUT2D eigenvalue weighted by Crippen LogP contribution is -2.45. The summed E-state index contributed by atoms with van der Waals surface area (Å²) in [5.41, 5.74) is 5.58. The van der Waals surface area contributed by atoms with Crippen LogP contribution in [0.4, 0.5) is 5.69 Å². The minimum Gasteiger partial charge on any atom is -0.457 e. The van der Waals surface area contributed by atoms with Crippen molar-refractivity contribution in [3.8, 4) is 11.5 Å². The topological polar surface area (TPSA) is 89.7 Å². The van der Waals surface area contributed by atoms with Crippen LogP contribution in [0, 0.1) is 0 Å². The quantitative estimate of drug-likeness (QED) is 0.876. The first-order valence-corrected chi connectivity index (χ1v) is 8.75. The van der Waals surface area contributed by atoms with Gasteiger partial charge in [0.05, 0.1) is 11.9 Å². The Hall–Kier alpha value is -2.54. The molecule has 0 spiro atoms. The summed E-state index contributed by atoms with van der Waals surface area (Å²) in [5, 5.41) is 0. The third-order valence-electron chi connectivity index (χ3n) is 3.19. The summed E-state index contributed by atoms with van der Waals surface area (Å²) in [4.78, 5) is 11.4. The fourth-order valence-corrected chi connectivity index (χ4v) is 3.29. The van der Waals surface area contributed by atoms with Crippen LogP contribution >= 0.6 is 0 Å². The van der Waals surface area contributed by atoms with Crippen molar-refractivity contribution in [3.05, 3.63) is 54.6 Å². The van der Waals surface area contributed by atoms with Gasteiger partial charge in [-0.25, -0.2) is 8.42 Å². The number of primary amides is 1. The molecule has 2 aromatic carbocycles. The summed E-state index contributed by atoms with van der Waals surface area (Å²) in [6, 6.07) is 14.6. The van der Waals surface area contributed by atoms with E-state index in [1.54, 1.807) is 24.3 Å². The van der Waals surface area contributed by atoms with Gasteiger partial charge in [-0.3, -0.25) is 9.10 Å². The number of benzene rings is 2. The van der Waals surface area contributed by atoms with E-state index in [1.165, 1.54) is 6.92 Å². The lowest BCUT2D eigenvalue weighted by atomic mass is 10.2. The molecule has 0 aliphatic rings. The molecule has 122 valence electrons. The number of carbonyl (C=O) groups is 1. The molecule has 2 N–H and O–H groups in total. The zero-order valence-corrected chi connectivity index (χ0v) is 13.7. The lowest BCUT2D eigenvalue weighted by molar-refractivity contribution is -0.118. The Bertz CT molecular complexity index is 773. The average Bonchev–Trinajstić information content (AvgIpc) is 2.49. The number of para-hydroxylation sites is 1. The molecule has 0 radical (unpaired) electrons. The fourth-order valence-electron chi connectivity index (χ4n) is 2.10. The number of carbonyl (C=O) groups excluding carboxylic acids is 1. The van der Waals surface area contributed by atoms with Crippen LogP contribution < -0.4 is 14.8 Å². The summed E-state index contributed by atoms with van der Waals surface area (Å²) in [6.45, 7) is 1.44. The van der Waals surface area contributed by atoms with E-state index in [1.807, 2.05) is 30.3 Å². The first-order valence-electron chi connectivity index (χ1n) is 6.91. The minimum atomic E-state index is -3.64. The predicted octanol–water partition coefficient (Wildman–Crippen LogP) is 2.12. The highest BCUT2D eigenvalue weighted by Crippen LogP contribution is 2.26. The van der Waals surface area contributed by atoms with Gasteiger partial charge in [0.25, 0.3) is 0 Å². The van der Waals surface area contributed by atoms with Gasteiger partial charge in [0.2, 0.25) is 15.9 Å². The summed E-state index contributed by atoms with van der Waals surface area (Å²) >= 11 is 0. The largest absolute Gasteiger partial charge is 0.457 e. The molecule has 0 saturated carbocycles. The molecule has 1 atom stereocenters. The average molecular weight is 334 g/mol. The highest BCUT2D eigenvalue weighted by molar-refractivity contribution is 7.92. The molecular formula is C16H18N2O4S. The molecule has 0 aliphatic carbocycles. The number of sulfonamides is 1. The number of nitrogens with two attached hydrogens (primary N) is 1. The van der Waals surface area contributed by atoms with Gasteiger partial charge in [0.1, 0.15) is 17.5 Å². The summed E-state index contributed by atoms with van der Waals surface area (Å²) in [5.74, 6) is 0.505. The van der Waals surface area contributed by atoms with Crippen molar-refractivity contribution in [1.82, 2.24) is 0 Å². The van der Waals surface area contributed by atoms with Crippen LogP contribution in [0.3, 0.4) is 0 Å². The zero-order valence-electron chi connectivity index (χ0n) is 12.8. The molecule has 6 nitrogen and oxygen atoms in total. The van der Waals surface area contributed by atoms with E-state index in [2.05, 4.69) is 0 Å². The highest BCUT2D eigenvalue weighted by atomic mass is 32.2. The van der Waals surface area contributed by atoms with E-state index in [4.69, 9.17) is 10.5 Å². The Morgan fingerprint density at radius 2 is 1.57 bits per heavy atom. The van der Waals surface area contributed by atoms with Gasteiger partial charge in [-0.1, -0.05) is 18.2 Å². The SMILES string of the molecule is C[C@H](C(N)=O)N(c1ccc(Oc2ccccc2)cc1)S(C)(=O)=O. The van der Waals surface area contributed by atoms with E-state index in [9.17, 15) is 13.2 Å². The van der Waals surface area contributed by atoms with Gasteiger partial charge in [0.15, 0.2) is 0 Å². The number of ether oxygens (including phenoxy) is 1. The summed E-state index contributed by atoms with van der Waals surface area (Å²) in [7, 11) is -3.64. The van der Waals surface area contributed by atoms with Gasteiger partial charge in [-0.05, 0) is 43.3 Å². The number of amides is 1. The van der Waals surface area contributed by atoms with Crippen molar-refractivity contribution in [1.29, 1.82) is 0 Å². The molecule has 0 bridgehead atoms. The molecule has 0 saturated heterocycles. The van der Waals surface area contributed by atoms with Crippen LogP contribution in [0.2, 0.25) is 0 Å². The van der Waals surface area contributed by atoms with Gasteiger partial charge in [0, 0.05) is 0 Å². The molecule has 1 amide bonds. The van der Waals surface area contributed by atoms with Gasteiger partial charge >= 0.3 is 0 Å². The van der Waals surface area contributed by atoms with Gasteiger partial charge in [-0.2, -0.15) is 0 Å². The second-order valence-corrected chi connectivity index (χ2v) is 6.91. The zero-order chi connectivity index (χ0) is 17.0. The predicted molar refractivity (Wildman–Crippen MR) is 88.9 cm³/mol. The standard InChI is InChI=1S/C16H18N2O4S/c1-12(16(17)19)18(23(2,20)21)13-8-10-15(11-9-13)22-14-6-4-3-5-7-14/h3-12H,1-2H3,(H2,17,19)/t12-/m1/s1. The number of hydrogen-bond acceptors (Lipinski definition) is 4. The van der Waals surface area contributed by atoms with Crippen molar-refractivity contribution in [3.63, 3.8) is 0 Å². The Balaban J connectivity index is 2.27. The fraction of sp³-hybridized carbons (Fsp3) is 0.188. The molecule has 0 heterocycles. The third kappa shape index (κ3) is 4.23. The highest BCUT2D eigenvalue weighted by Gasteiger charge is 2.27. The van der Waals surface area contributed by atoms with Crippen molar-refractivity contribution in [2.45, 2.75) is 13.0 Å². The van der Waals surface area contributed by atoms with Gasteiger partial charge in [-0.15, -0.1) is 0 Å². The van der Waals surface area contributed by atoms with Crippen molar-refractivity contribution in [2.75, 3.05) is 10.6 Å². The lowest BCUT2D eigenvalue weighted by Gasteiger charge is -2.26. The molecule has 0 unspecified atom stereocenters. The molecule has 0 aliphatic heterocycles. The van der Waals surface area contributed by atoms with Crippen molar-refractivity contribution >= 4 is 21.6 Å². The van der Waals surface area contributed by atoms with Crippen molar-refractivity contribution in [2.24, 2.45) is 5.73 Å². The molecule has 0 fully saturated rings. The van der Waals surface area contributed by atoms with Crippen LogP contribution in [0.1, 0.15) is 6.92 Å². The molecule has 0 aromatic heterocycles. The van der Waals surface area contributed by atoms with Crippen LogP contribution in [-0.4, -0.2) is 26.6 Å². The van der Waals surface area contributed by atoms with E-state index in [-0.39, 0.29) is 0 Å². The van der Waals surface area contributed by atoms with E-state index < -0.39 is 22.0 Å². The summed E-state index contributed by atoms with van der Waals surface area (Å²) < 4.78 is 30.5. The Morgan fingerprint density at radius 1 is 1.04 bits per heavy atom. The van der Waals surface area contributed by atoms with E-state index in [0.29, 0.717) is 17.2 Å². The number of hydrogen-bond donors (Lipinski definition) is 1. The second-order valence-electron chi connectivity index (χ2n) is 5.05. The van der Waals surface area contributed by atoms with Crippen LogP contribution in [-0.2, 0) is 14.8 Å². The van der Waals surface area contributed by atoms with Gasteiger partial charge < -0.3 is 10.5 Å². The third-order valence-corrected chi connectivity index (χ3v) is 4.43. The molecule has 7 heteroatoms. The minimum absolute atomic E-state index is 0.346. The van der Waals surface area contributed by atoms with E-state index >= 15 is 0 Å². The maximum absolute atomic E-state index is 11.9. The maximum atomic E-state index is 11.9. The molecule has 2 aromatic rings.